The third-order valence-electron chi connectivity index (χ3n) is 4.18. The van der Waals surface area contributed by atoms with Gasteiger partial charge in [0.05, 0.1) is 11.3 Å². The van der Waals surface area contributed by atoms with Gasteiger partial charge in [-0.05, 0) is 43.3 Å². The molecule has 0 bridgehead atoms. The zero-order valence-corrected chi connectivity index (χ0v) is 12.1. The Morgan fingerprint density at radius 3 is 2.43 bits per heavy atom. The first-order valence-corrected chi connectivity index (χ1v) is 7.03. The molecule has 1 saturated heterocycles. The summed E-state index contributed by atoms with van der Waals surface area (Å²) in [6.07, 6.45) is 0. The fourth-order valence-corrected chi connectivity index (χ4v) is 2.58. The molecule has 0 saturated carbocycles. The average molecular weight is 287 g/mol. The highest BCUT2D eigenvalue weighted by Gasteiger charge is 2.39. The molecule has 21 heavy (non-hydrogen) atoms. The highest BCUT2D eigenvalue weighted by molar-refractivity contribution is 5.59. The van der Waals surface area contributed by atoms with Crippen LogP contribution < -0.4 is 4.90 Å². The fraction of sp³-hybridized carbons (Fsp3) is 0.375. The number of hydrogen-bond acceptors (Lipinski definition) is 4. The zero-order valence-electron chi connectivity index (χ0n) is 12.1. The van der Waals surface area contributed by atoms with Crippen molar-refractivity contribution in [2.45, 2.75) is 19.4 Å². The topological polar surface area (TPSA) is 49.2 Å². The quantitative estimate of drug-likeness (QED) is 0.922. The predicted molar refractivity (Wildman–Crippen MR) is 79.4 cm³/mol. The number of aromatic nitrogens is 2. The Morgan fingerprint density at radius 2 is 1.90 bits per heavy atom. The van der Waals surface area contributed by atoms with E-state index in [1.165, 1.54) is 12.1 Å². The van der Waals surface area contributed by atoms with Crippen LogP contribution in [0.3, 0.4) is 0 Å². The SMILES string of the molecule is CC1CN(c2ccc(-c3ccc(F)cc3)nn2)CC1(C)O. The second-order valence-corrected chi connectivity index (χ2v) is 5.92. The number of benzene rings is 1. The first kappa shape index (κ1) is 13.9. The highest BCUT2D eigenvalue weighted by Crippen LogP contribution is 2.30. The molecule has 5 heteroatoms. The standard InChI is InChI=1S/C16H18FN3O/c1-11-9-20(10-16(11,2)21)15-8-7-14(18-19-15)12-3-5-13(17)6-4-12/h3-8,11,21H,9-10H2,1-2H3. The lowest BCUT2D eigenvalue weighted by molar-refractivity contribution is 0.0443. The van der Waals surface area contributed by atoms with E-state index >= 15 is 0 Å². The lowest BCUT2D eigenvalue weighted by Crippen LogP contribution is -2.33. The number of rotatable bonds is 2. The minimum atomic E-state index is -0.697. The van der Waals surface area contributed by atoms with Gasteiger partial charge in [-0.1, -0.05) is 6.92 Å². The third kappa shape index (κ3) is 2.74. The van der Waals surface area contributed by atoms with Crippen LogP contribution in [0, 0.1) is 11.7 Å². The van der Waals surface area contributed by atoms with Crippen molar-refractivity contribution in [2.75, 3.05) is 18.0 Å². The van der Waals surface area contributed by atoms with Gasteiger partial charge in [-0.2, -0.15) is 0 Å². The molecular weight excluding hydrogens is 269 g/mol. The molecule has 1 aromatic carbocycles. The van der Waals surface area contributed by atoms with Gasteiger partial charge in [-0.15, -0.1) is 10.2 Å². The molecule has 1 aliphatic heterocycles. The van der Waals surface area contributed by atoms with Crippen LogP contribution in [0.5, 0.6) is 0 Å². The van der Waals surface area contributed by atoms with E-state index in [0.29, 0.717) is 12.2 Å². The minimum Gasteiger partial charge on any atom is -0.388 e. The van der Waals surface area contributed by atoms with E-state index in [1.807, 2.05) is 30.9 Å². The minimum absolute atomic E-state index is 0.191. The third-order valence-corrected chi connectivity index (χ3v) is 4.18. The Morgan fingerprint density at radius 1 is 1.19 bits per heavy atom. The van der Waals surface area contributed by atoms with Gasteiger partial charge in [0.2, 0.25) is 0 Å². The first-order valence-electron chi connectivity index (χ1n) is 7.03. The van der Waals surface area contributed by atoms with E-state index in [1.54, 1.807) is 12.1 Å². The summed E-state index contributed by atoms with van der Waals surface area (Å²) in [6, 6.07) is 9.94. The van der Waals surface area contributed by atoms with Gasteiger partial charge >= 0.3 is 0 Å². The Bertz CT molecular complexity index is 625. The lowest BCUT2D eigenvalue weighted by atomic mass is 9.95. The van der Waals surface area contributed by atoms with Crippen LogP contribution in [0.15, 0.2) is 36.4 Å². The summed E-state index contributed by atoms with van der Waals surface area (Å²) >= 11 is 0. The van der Waals surface area contributed by atoms with Crippen LogP contribution in [0.4, 0.5) is 10.2 Å². The van der Waals surface area contributed by atoms with Gasteiger partial charge in [0, 0.05) is 24.6 Å². The van der Waals surface area contributed by atoms with Crippen LogP contribution in [-0.4, -0.2) is 34.0 Å². The second-order valence-electron chi connectivity index (χ2n) is 5.92. The van der Waals surface area contributed by atoms with E-state index in [9.17, 15) is 9.50 Å². The molecule has 1 aliphatic rings. The Hall–Kier alpha value is -2.01. The maximum atomic E-state index is 12.9. The van der Waals surface area contributed by atoms with E-state index in [0.717, 1.165) is 17.9 Å². The lowest BCUT2D eigenvalue weighted by Gasteiger charge is -2.20. The summed E-state index contributed by atoms with van der Waals surface area (Å²) < 4.78 is 12.9. The highest BCUT2D eigenvalue weighted by atomic mass is 19.1. The van der Waals surface area contributed by atoms with Crippen molar-refractivity contribution in [3.8, 4) is 11.3 Å². The summed E-state index contributed by atoms with van der Waals surface area (Å²) in [6.45, 7) is 5.19. The van der Waals surface area contributed by atoms with Gasteiger partial charge in [-0.25, -0.2) is 4.39 Å². The van der Waals surface area contributed by atoms with Crippen LogP contribution in [0.2, 0.25) is 0 Å². The van der Waals surface area contributed by atoms with Crippen LogP contribution in [-0.2, 0) is 0 Å². The van der Waals surface area contributed by atoms with Crippen molar-refractivity contribution in [2.24, 2.45) is 5.92 Å². The molecule has 3 rings (SSSR count). The summed E-state index contributed by atoms with van der Waals surface area (Å²) in [7, 11) is 0. The largest absolute Gasteiger partial charge is 0.388 e. The maximum Gasteiger partial charge on any atom is 0.151 e. The number of β-amino-alcohol motifs (C(OH)–C–C–N with tert-alkyl or cyclic N) is 1. The van der Waals surface area contributed by atoms with Gasteiger partial charge < -0.3 is 10.0 Å². The number of aliphatic hydroxyl groups is 1. The molecule has 110 valence electrons. The van der Waals surface area contributed by atoms with Crippen molar-refractivity contribution in [3.63, 3.8) is 0 Å². The average Bonchev–Trinajstić information content (AvgIpc) is 2.74. The van der Waals surface area contributed by atoms with Crippen LogP contribution >= 0.6 is 0 Å². The first-order chi connectivity index (χ1) is 9.95. The molecule has 2 aromatic rings. The van der Waals surface area contributed by atoms with E-state index in [-0.39, 0.29) is 11.7 Å². The number of anilines is 1. The number of hydrogen-bond donors (Lipinski definition) is 1. The van der Waals surface area contributed by atoms with Crippen molar-refractivity contribution < 1.29 is 9.50 Å². The molecule has 2 heterocycles. The zero-order chi connectivity index (χ0) is 15.0. The summed E-state index contributed by atoms with van der Waals surface area (Å²) in [5, 5.41) is 18.7. The molecule has 0 radical (unpaired) electrons. The molecule has 0 spiro atoms. The Kier molecular flexibility index (Phi) is 3.37. The van der Waals surface area contributed by atoms with Gasteiger partial charge in [-0.3, -0.25) is 0 Å². The molecule has 1 aromatic heterocycles. The normalized spacial score (nSPS) is 25.3. The molecule has 1 N–H and O–H groups in total. The predicted octanol–water partition coefficient (Wildman–Crippen LogP) is 2.49. The fourth-order valence-electron chi connectivity index (χ4n) is 2.58. The molecular formula is C16H18FN3O. The van der Waals surface area contributed by atoms with Crippen molar-refractivity contribution in [1.82, 2.24) is 10.2 Å². The van der Waals surface area contributed by atoms with Crippen molar-refractivity contribution >= 4 is 5.82 Å². The van der Waals surface area contributed by atoms with Gasteiger partial charge in [0.25, 0.3) is 0 Å². The summed E-state index contributed by atoms with van der Waals surface area (Å²) in [5.74, 6) is 0.679. The van der Waals surface area contributed by atoms with Crippen LogP contribution in [0.25, 0.3) is 11.3 Å². The molecule has 0 amide bonds. The molecule has 1 fully saturated rings. The van der Waals surface area contributed by atoms with E-state index < -0.39 is 5.60 Å². The molecule has 0 aliphatic carbocycles. The molecule has 4 nitrogen and oxygen atoms in total. The summed E-state index contributed by atoms with van der Waals surface area (Å²) in [5.41, 5.74) is 0.840. The Labute approximate surface area is 123 Å². The second kappa shape index (κ2) is 5.07. The van der Waals surface area contributed by atoms with Crippen molar-refractivity contribution in [1.29, 1.82) is 0 Å². The molecule has 2 atom stereocenters. The monoisotopic (exact) mass is 287 g/mol. The van der Waals surface area contributed by atoms with E-state index in [4.69, 9.17) is 0 Å². The van der Waals surface area contributed by atoms with E-state index in [2.05, 4.69) is 10.2 Å². The summed E-state index contributed by atoms with van der Waals surface area (Å²) in [4.78, 5) is 2.03. The van der Waals surface area contributed by atoms with Crippen LogP contribution in [0.1, 0.15) is 13.8 Å². The number of halogens is 1. The van der Waals surface area contributed by atoms with Gasteiger partial charge in [0.15, 0.2) is 5.82 Å². The number of nitrogens with zero attached hydrogens (tertiary/aromatic N) is 3. The van der Waals surface area contributed by atoms with Crippen molar-refractivity contribution in [3.05, 3.63) is 42.2 Å². The Balaban J connectivity index is 1.80. The smallest absolute Gasteiger partial charge is 0.151 e. The maximum absolute atomic E-state index is 12.9. The van der Waals surface area contributed by atoms with Gasteiger partial charge in [0.1, 0.15) is 5.82 Å². The molecule has 2 unspecified atom stereocenters.